The summed E-state index contributed by atoms with van der Waals surface area (Å²) in [5.74, 6) is 1.09. The van der Waals surface area contributed by atoms with E-state index in [1.54, 1.807) is 12.1 Å². The van der Waals surface area contributed by atoms with E-state index < -0.39 is 10.0 Å². The molecule has 1 N–H and O–H groups in total. The Morgan fingerprint density at radius 2 is 1.88 bits per heavy atom. The average Bonchev–Trinajstić information content (AvgIpc) is 2.87. The minimum absolute atomic E-state index is 0.0145. The van der Waals surface area contributed by atoms with Gasteiger partial charge in [0.25, 0.3) is 0 Å². The van der Waals surface area contributed by atoms with E-state index in [0.717, 1.165) is 16.9 Å². The van der Waals surface area contributed by atoms with Crippen LogP contribution >= 0.6 is 46.1 Å². The SMILES string of the molecule is O=S(=O)(NCCc1cc(Cl)c2c(c1)OCCO2)c1cc(Cl)sc1Cl. The zero-order valence-corrected chi connectivity index (χ0v) is 16.0. The molecule has 24 heavy (non-hydrogen) atoms. The molecule has 0 fully saturated rings. The van der Waals surface area contributed by atoms with E-state index in [2.05, 4.69) is 4.72 Å². The van der Waals surface area contributed by atoms with Crippen LogP contribution in [0.5, 0.6) is 11.5 Å². The number of hydrogen-bond acceptors (Lipinski definition) is 5. The first-order valence-corrected chi connectivity index (χ1v) is 10.3. The van der Waals surface area contributed by atoms with Crippen LogP contribution in [0, 0.1) is 0 Å². The molecule has 0 bridgehead atoms. The Morgan fingerprint density at radius 1 is 1.12 bits per heavy atom. The van der Waals surface area contributed by atoms with Crippen molar-refractivity contribution in [3.8, 4) is 11.5 Å². The Kier molecular flexibility index (Phi) is 5.48. The van der Waals surface area contributed by atoms with E-state index in [4.69, 9.17) is 44.3 Å². The van der Waals surface area contributed by atoms with Crippen LogP contribution < -0.4 is 14.2 Å². The van der Waals surface area contributed by atoms with E-state index in [0.29, 0.717) is 40.5 Å². The molecule has 1 aliphatic heterocycles. The molecule has 0 atom stereocenters. The highest BCUT2D eigenvalue weighted by atomic mass is 35.5. The Hall–Kier alpha value is -0.700. The van der Waals surface area contributed by atoms with E-state index in [1.165, 1.54) is 6.07 Å². The molecule has 3 rings (SSSR count). The van der Waals surface area contributed by atoms with Crippen molar-refractivity contribution in [3.05, 3.63) is 37.5 Å². The zero-order valence-electron chi connectivity index (χ0n) is 12.1. The lowest BCUT2D eigenvalue weighted by Crippen LogP contribution is -2.26. The summed E-state index contributed by atoms with van der Waals surface area (Å²) in [5.41, 5.74) is 0.835. The summed E-state index contributed by atoms with van der Waals surface area (Å²) in [6.45, 7) is 1.09. The molecule has 5 nitrogen and oxygen atoms in total. The van der Waals surface area contributed by atoms with Crippen molar-refractivity contribution in [1.82, 2.24) is 4.72 Å². The minimum atomic E-state index is -3.71. The first kappa shape index (κ1) is 18.1. The van der Waals surface area contributed by atoms with E-state index >= 15 is 0 Å². The van der Waals surface area contributed by atoms with Gasteiger partial charge < -0.3 is 9.47 Å². The van der Waals surface area contributed by atoms with Crippen molar-refractivity contribution in [2.75, 3.05) is 19.8 Å². The van der Waals surface area contributed by atoms with E-state index in [1.807, 2.05) is 0 Å². The van der Waals surface area contributed by atoms with Crippen LogP contribution in [0.25, 0.3) is 0 Å². The van der Waals surface area contributed by atoms with Crippen LogP contribution in [0.2, 0.25) is 13.7 Å². The van der Waals surface area contributed by atoms with Gasteiger partial charge in [-0.1, -0.05) is 34.8 Å². The smallest absolute Gasteiger partial charge is 0.242 e. The highest BCUT2D eigenvalue weighted by molar-refractivity contribution is 7.89. The van der Waals surface area contributed by atoms with Gasteiger partial charge in [0.2, 0.25) is 10.0 Å². The molecule has 2 aromatic rings. The lowest BCUT2D eigenvalue weighted by Gasteiger charge is -2.20. The summed E-state index contributed by atoms with van der Waals surface area (Å²) >= 11 is 18.8. The predicted molar refractivity (Wildman–Crippen MR) is 95.7 cm³/mol. The molecule has 0 amide bonds. The largest absolute Gasteiger partial charge is 0.486 e. The minimum Gasteiger partial charge on any atom is -0.486 e. The number of ether oxygens (including phenoxy) is 2. The topological polar surface area (TPSA) is 64.6 Å². The molecule has 1 aromatic heterocycles. The third kappa shape index (κ3) is 3.92. The molecule has 0 unspecified atom stereocenters. The van der Waals surface area contributed by atoms with Gasteiger partial charge in [-0.05, 0) is 30.2 Å². The highest BCUT2D eigenvalue weighted by Gasteiger charge is 2.21. The Balaban J connectivity index is 1.68. The van der Waals surface area contributed by atoms with Crippen molar-refractivity contribution < 1.29 is 17.9 Å². The van der Waals surface area contributed by atoms with Crippen LogP contribution in [-0.2, 0) is 16.4 Å². The van der Waals surface area contributed by atoms with Crippen molar-refractivity contribution in [1.29, 1.82) is 0 Å². The molecule has 1 aromatic carbocycles. The first-order chi connectivity index (χ1) is 11.4. The summed E-state index contributed by atoms with van der Waals surface area (Å²) in [5, 5.41) is 0.442. The Morgan fingerprint density at radius 3 is 2.58 bits per heavy atom. The maximum atomic E-state index is 12.2. The number of benzene rings is 1. The molecule has 0 saturated carbocycles. The summed E-state index contributed by atoms with van der Waals surface area (Å²) in [6.07, 6.45) is 0.436. The number of thiophene rings is 1. The van der Waals surface area contributed by atoms with Gasteiger partial charge in [-0.25, -0.2) is 13.1 Å². The molecule has 0 spiro atoms. The Labute approximate surface area is 158 Å². The standard InChI is InChI=1S/C14H12Cl3NO4S2/c15-9-5-8(6-10-13(9)22-4-3-21-10)1-2-18-24(19,20)11-7-12(16)23-14(11)17/h5-7,18H,1-4H2. The number of rotatable bonds is 5. The number of sulfonamides is 1. The van der Waals surface area contributed by atoms with E-state index in [9.17, 15) is 8.42 Å². The molecule has 10 heteroatoms. The van der Waals surface area contributed by atoms with Gasteiger partial charge in [0, 0.05) is 6.54 Å². The van der Waals surface area contributed by atoms with Crippen LogP contribution in [0.15, 0.2) is 23.1 Å². The monoisotopic (exact) mass is 427 g/mol. The molecule has 2 heterocycles. The second-order valence-electron chi connectivity index (χ2n) is 4.94. The second-order valence-corrected chi connectivity index (χ2v) is 9.37. The fraction of sp³-hybridized carbons (Fsp3) is 0.286. The number of halogens is 3. The lowest BCUT2D eigenvalue weighted by molar-refractivity contribution is 0.171. The summed E-state index contributed by atoms with van der Waals surface area (Å²) < 4.78 is 38.4. The fourth-order valence-corrected chi connectivity index (χ4v) is 5.69. The normalized spacial score (nSPS) is 14.0. The highest BCUT2D eigenvalue weighted by Crippen LogP contribution is 2.38. The molecule has 0 saturated heterocycles. The van der Waals surface area contributed by atoms with Gasteiger partial charge in [-0.3, -0.25) is 0 Å². The van der Waals surface area contributed by atoms with Crippen LogP contribution in [0.1, 0.15) is 5.56 Å². The van der Waals surface area contributed by atoms with Crippen molar-refractivity contribution in [2.45, 2.75) is 11.3 Å². The lowest BCUT2D eigenvalue weighted by atomic mass is 10.1. The molecule has 1 aliphatic rings. The van der Waals surface area contributed by atoms with Gasteiger partial charge in [0.05, 0.1) is 9.36 Å². The predicted octanol–water partition coefficient (Wildman–Crippen LogP) is 4.00. The average molecular weight is 429 g/mol. The van der Waals surface area contributed by atoms with Gasteiger partial charge >= 0.3 is 0 Å². The van der Waals surface area contributed by atoms with Crippen LogP contribution in [0.4, 0.5) is 0 Å². The molecular weight excluding hydrogens is 417 g/mol. The maximum Gasteiger partial charge on any atom is 0.242 e. The molecule has 0 radical (unpaired) electrons. The maximum absolute atomic E-state index is 12.2. The quantitative estimate of drug-likeness (QED) is 0.782. The third-order valence-corrected chi connectivity index (χ3v) is 6.77. The summed E-state index contributed by atoms with van der Waals surface area (Å²) in [4.78, 5) is -0.0145. The second kappa shape index (κ2) is 7.27. The van der Waals surface area contributed by atoms with Gasteiger partial charge in [-0.15, -0.1) is 11.3 Å². The third-order valence-electron chi connectivity index (χ3n) is 3.28. The van der Waals surface area contributed by atoms with Gasteiger partial charge in [-0.2, -0.15) is 0 Å². The molecule has 0 aliphatic carbocycles. The van der Waals surface area contributed by atoms with Crippen LogP contribution in [-0.4, -0.2) is 28.2 Å². The van der Waals surface area contributed by atoms with Gasteiger partial charge in [0.1, 0.15) is 22.4 Å². The zero-order chi connectivity index (χ0) is 17.3. The summed E-state index contributed by atoms with van der Waals surface area (Å²) in [6, 6.07) is 4.86. The van der Waals surface area contributed by atoms with Gasteiger partial charge in [0.15, 0.2) is 11.5 Å². The van der Waals surface area contributed by atoms with Crippen LogP contribution in [0.3, 0.4) is 0 Å². The molecular formula is C14H12Cl3NO4S2. The van der Waals surface area contributed by atoms with Crippen molar-refractivity contribution in [2.24, 2.45) is 0 Å². The fourth-order valence-electron chi connectivity index (χ4n) is 2.22. The molecule has 130 valence electrons. The van der Waals surface area contributed by atoms with E-state index in [-0.39, 0.29) is 15.8 Å². The number of fused-ring (bicyclic) bond motifs is 1. The number of nitrogens with one attached hydrogen (secondary N) is 1. The Bertz CT molecular complexity index is 867. The number of hydrogen-bond donors (Lipinski definition) is 1. The first-order valence-electron chi connectivity index (χ1n) is 6.89. The van der Waals surface area contributed by atoms with Crippen molar-refractivity contribution >= 4 is 56.2 Å². The van der Waals surface area contributed by atoms with Crippen molar-refractivity contribution in [3.63, 3.8) is 0 Å². The summed E-state index contributed by atoms with van der Waals surface area (Å²) in [7, 11) is -3.71.